The molecule has 0 amide bonds. The average Bonchev–Trinajstić information content (AvgIpc) is 3.15. The summed E-state index contributed by atoms with van der Waals surface area (Å²) in [7, 11) is 0. The monoisotopic (exact) mass is 420 g/mol. The van der Waals surface area contributed by atoms with Gasteiger partial charge in [0.2, 0.25) is 0 Å². The van der Waals surface area contributed by atoms with Crippen molar-refractivity contribution in [3.05, 3.63) is 94.5 Å². The fourth-order valence-electron chi connectivity index (χ4n) is 3.43. The molecule has 3 aromatic rings. The minimum Gasteiger partial charge on any atom is -0.494 e. The summed E-state index contributed by atoms with van der Waals surface area (Å²) < 4.78 is 6.98. The normalized spacial score (nSPS) is 16.3. The van der Waals surface area contributed by atoms with E-state index in [1.807, 2.05) is 37.3 Å². The molecule has 0 fully saturated rings. The van der Waals surface area contributed by atoms with Crippen molar-refractivity contribution in [1.29, 1.82) is 0 Å². The van der Waals surface area contributed by atoms with Crippen molar-refractivity contribution in [2.75, 3.05) is 11.6 Å². The van der Waals surface area contributed by atoms with Crippen LogP contribution in [-0.4, -0.2) is 12.3 Å². The van der Waals surface area contributed by atoms with Crippen molar-refractivity contribution in [1.82, 2.24) is 0 Å². The third-order valence-electron chi connectivity index (χ3n) is 4.69. The number of para-hydroxylation sites is 2. The van der Waals surface area contributed by atoms with Gasteiger partial charge < -0.3 is 4.74 Å². The molecule has 3 aromatic carbocycles. The van der Waals surface area contributed by atoms with Crippen LogP contribution in [0.2, 0.25) is 0 Å². The van der Waals surface area contributed by atoms with Gasteiger partial charge in [0.15, 0.2) is 0 Å². The Balaban J connectivity index is 1.76. The number of hydrogen-bond donors (Lipinski definition) is 0. The lowest BCUT2D eigenvalue weighted by atomic mass is 9.97. The van der Waals surface area contributed by atoms with Crippen molar-refractivity contribution < 1.29 is 4.74 Å². The molecule has 1 aliphatic rings. The van der Waals surface area contributed by atoms with E-state index in [4.69, 9.17) is 9.84 Å². The lowest BCUT2D eigenvalue weighted by Crippen LogP contribution is -2.19. The molecule has 27 heavy (non-hydrogen) atoms. The third-order valence-corrected chi connectivity index (χ3v) is 5.22. The van der Waals surface area contributed by atoms with Gasteiger partial charge in [0.05, 0.1) is 24.0 Å². The van der Waals surface area contributed by atoms with Crippen LogP contribution in [0.4, 0.5) is 5.69 Å². The number of ether oxygens (including phenoxy) is 1. The molecule has 0 bridgehead atoms. The molecular formula is C23H21BrN2O. The highest BCUT2D eigenvalue weighted by Crippen LogP contribution is 2.40. The van der Waals surface area contributed by atoms with Crippen LogP contribution in [0, 0.1) is 0 Å². The summed E-state index contributed by atoms with van der Waals surface area (Å²) >= 11 is 3.51. The zero-order valence-electron chi connectivity index (χ0n) is 15.2. The topological polar surface area (TPSA) is 24.8 Å². The maximum absolute atomic E-state index is 5.91. The first-order valence-corrected chi connectivity index (χ1v) is 9.95. The Morgan fingerprint density at radius 2 is 1.67 bits per heavy atom. The van der Waals surface area contributed by atoms with E-state index in [-0.39, 0.29) is 6.04 Å². The second-order valence-electron chi connectivity index (χ2n) is 6.42. The molecule has 0 aliphatic carbocycles. The van der Waals surface area contributed by atoms with Crippen LogP contribution in [-0.2, 0) is 0 Å². The molecule has 0 spiro atoms. The number of rotatable bonds is 5. The molecule has 4 heteroatoms. The van der Waals surface area contributed by atoms with Gasteiger partial charge in [-0.2, -0.15) is 5.10 Å². The highest BCUT2D eigenvalue weighted by atomic mass is 79.9. The van der Waals surface area contributed by atoms with Crippen molar-refractivity contribution in [2.24, 2.45) is 5.10 Å². The molecule has 1 heterocycles. The van der Waals surface area contributed by atoms with Gasteiger partial charge in [-0.1, -0.05) is 64.5 Å². The van der Waals surface area contributed by atoms with Gasteiger partial charge in [0.25, 0.3) is 0 Å². The number of anilines is 1. The molecule has 0 radical (unpaired) electrons. The lowest BCUT2D eigenvalue weighted by molar-refractivity contribution is 0.334. The van der Waals surface area contributed by atoms with Gasteiger partial charge in [-0.15, -0.1) is 0 Å². The Kier molecular flexibility index (Phi) is 5.26. The van der Waals surface area contributed by atoms with E-state index in [0.29, 0.717) is 6.61 Å². The largest absolute Gasteiger partial charge is 0.494 e. The lowest BCUT2D eigenvalue weighted by Gasteiger charge is -2.25. The van der Waals surface area contributed by atoms with Gasteiger partial charge in [0, 0.05) is 16.5 Å². The average molecular weight is 421 g/mol. The number of halogens is 1. The molecule has 136 valence electrons. The number of hydrazone groups is 1. The fourth-order valence-corrected chi connectivity index (χ4v) is 3.70. The predicted molar refractivity (Wildman–Crippen MR) is 115 cm³/mol. The van der Waals surface area contributed by atoms with Gasteiger partial charge >= 0.3 is 0 Å². The first-order chi connectivity index (χ1) is 13.3. The Labute approximate surface area is 168 Å². The van der Waals surface area contributed by atoms with E-state index >= 15 is 0 Å². The smallest absolute Gasteiger partial charge is 0.124 e. The Morgan fingerprint density at radius 1 is 0.963 bits per heavy atom. The summed E-state index contributed by atoms with van der Waals surface area (Å²) in [4.78, 5) is 0. The SMILES string of the molecule is CCOc1ccccc1C1CC(c2ccc(Br)cc2)=NN1c1ccccc1. The first-order valence-electron chi connectivity index (χ1n) is 9.15. The highest BCUT2D eigenvalue weighted by Gasteiger charge is 2.31. The minimum absolute atomic E-state index is 0.105. The Morgan fingerprint density at radius 3 is 2.41 bits per heavy atom. The second kappa shape index (κ2) is 7.97. The van der Waals surface area contributed by atoms with E-state index in [1.165, 1.54) is 5.56 Å². The standard InChI is InChI=1S/C23H21BrN2O/c1-2-27-23-11-7-6-10-20(23)22-16-21(17-12-14-18(24)15-13-17)25-26(22)19-8-4-3-5-9-19/h3-15,22H,2,16H2,1H3. The Bertz CT molecular complexity index is 938. The van der Waals surface area contributed by atoms with Crippen LogP contribution in [0.1, 0.15) is 30.5 Å². The summed E-state index contributed by atoms with van der Waals surface area (Å²) in [6, 6.07) is 27.1. The van der Waals surface area contributed by atoms with E-state index < -0.39 is 0 Å². The zero-order chi connectivity index (χ0) is 18.6. The fraction of sp³-hybridized carbons (Fsp3) is 0.174. The summed E-state index contributed by atoms with van der Waals surface area (Å²) in [6.45, 7) is 2.67. The maximum atomic E-state index is 5.91. The van der Waals surface area contributed by atoms with E-state index in [0.717, 1.165) is 33.6 Å². The quantitative estimate of drug-likeness (QED) is 0.490. The molecule has 4 rings (SSSR count). The minimum atomic E-state index is 0.105. The first kappa shape index (κ1) is 17.8. The molecule has 0 N–H and O–H groups in total. The summed E-state index contributed by atoms with van der Waals surface area (Å²) in [5, 5.41) is 7.12. The van der Waals surface area contributed by atoms with Crippen LogP contribution >= 0.6 is 15.9 Å². The molecule has 1 atom stereocenters. The van der Waals surface area contributed by atoms with Crippen molar-refractivity contribution >= 4 is 27.3 Å². The van der Waals surface area contributed by atoms with Crippen LogP contribution in [0.25, 0.3) is 0 Å². The molecule has 3 nitrogen and oxygen atoms in total. The van der Waals surface area contributed by atoms with Crippen LogP contribution in [0.3, 0.4) is 0 Å². The van der Waals surface area contributed by atoms with Crippen molar-refractivity contribution in [2.45, 2.75) is 19.4 Å². The van der Waals surface area contributed by atoms with E-state index in [9.17, 15) is 0 Å². The molecule has 1 unspecified atom stereocenters. The van der Waals surface area contributed by atoms with Crippen molar-refractivity contribution in [3.63, 3.8) is 0 Å². The number of benzene rings is 3. The van der Waals surface area contributed by atoms with Crippen molar-refractivity contribution in [3.8, 4) is 5.75 Å². The van der Waals surface area contributed by atoms with E-state index in [1.54, 1.807) is 0 Å². The Hall–Kier alpha value is -2.59. The van der Waals surface area contributed by atoms with Gasteiger partial charge in [0.1, 0.15) is 5.75 Å². The second-order valence-corrected chi connectivity index (χ2v) is 7.34. The third kappa shape index (κ3) is 3.76. The molecule has 0 aromatic heterocycles. The molecule has 1 aliphatic heterocycles. The van der Waals surface area contributed by atoms with Crippen LogP contribution < -0.4 is 9.75 Å². The van der Waals surface area contributed by atoms with E-state index in [2.05, 4.69) is 69.5 Å². The molecule has 0 saturated heterocycles. The summed E-state index contributed by atoms with van der Waals surface area (Å²) in [5.41, 5.74) is 4.48. The van der Waals surface area contributed by atoms with Gasteiger partial charge in [-0.05, 0) is 42.8 Å². The number of hydrogen-bond acceptors (Lipinski definition) is 3. The summed E-state index contributed by atoms with van der Waals surface area (Å²) in [6.07, 6.45) is 0.834. The molecular weight excluding hydrogens is 400 g/mol. The predicted octanol–water partition coefficient (Wildman–Crippen LogP) is 6.20. The number of nitrogens with zero attached hydrogens (tertiary/aromatic N) is 2. The summed E-state index contributed by atoms with van der Waals surface area (Å²) in [5.74, 6) is 0.929. The van der Waals surface area contributed by atoms with Gasteiger partial charge in [-0.25, -0.2) is 0 Å². The zero-order valence-corrected chi connectivity index (χ0v) is 16.8. The van der Waals surface area contributed by atoms with Gasteiger partial charge in [-0.3, -0.25) is 5.01 Å². The molecule has 0 saturated carbocycles. The highest BCUT2D eigenvalue weighted by molar-refractivity contribution is 9.10. The maximum Gasteiger partial charge on any atom is 0.124 e. The van der Waals surface area contributed by atoms with Crippen LogP contribution in [0.15, 0.2) is 88.4 Å². The van der Waals surface area contributed by atoms with Crippen LogP contribution in [0.5, 0.6) is 5.75 Å².